The molecule has 20 heavy (non-hydrogen) atoms. The van der Waals surface area contributed by atoms with E-state index in [0.717, 1.165) is 39.6 Å². The normalized spacial score (nSPS) is 11.3. The standard InChI is InChI=1S/C13H13ClN4S2/c1-2-3-7-11-15-8-18(17-11)20-13-16-12-9(14)5-4-6-10(12)19-13/h4-6,8H,2-3,7H2,1H3. The number of thiazole rings is 1. The number of fused-ring (bicyclic) bond motifs is 1. The van der Waals surface area contributed by atoms with Crippen LogP contribution in [-0.2, 0) is 6.42 Å². The maximum Gasteiger partial charge on any atom is 0.173 e. The van der Waals surface area contributed by atoms with Crippen LogP contribution < -0.4 is 0 Å². The molecule has 7 heteroatoms. The number of hydrogen-bond donors (Lipinski definition) is 0. The summed E-state index contributed by atoms with van der Waals surface area (Å²) in [6.45, 7) is 2.16. The highest BCUT2D eigenvalue weighted by Gasteiger charge is 2.09. The average Bonchev–Trinajstić information content (AvgIpc) is 3.04. The van der Waals surface area contributed by atoms with Crippen LogP contribution in [-0.4, -0.2) is 19.2 Å². The van der Waals surface area contributed by atoms with Crippen LogP contribution in [0.1, 0.15) is 25.6 Å². The van der Waals surface area contributed by atoms with Gasteiger partial charge in [-0.05, 0) is 18.6 Å². The molecule has 0 amide bonds. The van der Waals surface area contributed by atoms with Crippen molar-refractivity contribution in [2.75, 3.05) is 0 Å². The highest BCUT2D eigenvalue weighted by Crippen LogP contribution is 2.33. The number of nitrogens with zero attached hydrogens (tertiary/aromatic N) is 4. The van der Waals surface area contributed by atoms with Crippen molar-refractivity contribution < 1.29 is 0 Å². The highest BCUT2D eigenvalue weighted by molar-refractivity contribution is 7.99. The van der Waals surface area contributed by atoms with Gasteiger partial charge in [-0.15, -0.1) is 16.4 Å². The fourth-order valence-corrected chi connectivity index (χ4v) is 3.95. The van der Waals surface area contributed by atoms with Gasteiger partial charge in [-0.1, -0.05) is 31.0 Å². The van der Waals surface area contributed by atoms with E-state index in [1.807, 2.05) is 18.2 Å². The molecular weight excluding hydrogens is 312 g/mol. The second kappa shape index (κ2) is 6.11. The van der Waals surface area contributed by atoms with Crippen molar-refractivity contribution in [1.29, 1.82) is 0 Å². The van der Waals surface area contributed by atoms with Crippen LogP contribution in [0.2, 0.25) is 5.02 Å². The van der Waals surface area contributed by atoms with Crippen LogP contribution in [0.3, 0.4) is 0 Å². The number of benzene rings is 1. The van der Waals surface area contributed by atoms with Crippen molar-refractivity contribution in [3.63, 3.8) is 0 Å². The molecule has 0 bridgehead atoms. The molecule has 0 N–H and O–H groups in total. The molecule has 3 rings (SSSR count). The Kier molecular flexibility index (Phi) is 4.24. The van der Waals surface area contributed by atoms with E-state index in [2.05, 4.69) is 22.0 Å². The Morgan fingerprint density at radius 2 is 2.30 bits per heavy atom. The molecule has 0 radical (unpaired) electrons. The minimum atomic E-state index is 0.688. The zero-order valence-electron chi connectivity index (χ0n) is 10.9. The number of para-hydroxylation sites is 1. The van der Waals surface area contributed by atoms with E-state index in [0.29, 0.717) is 5.02 Å². The zero-order valence-corrected chi connectivity index (χ0v) is 13.3. The maximum absolute atomic E-state index is 6.13. The van der Waals surface area contributed by atoms with Crippen LogP contribution in [0.4, 0.5) is 0 Å². The minimum absolute atomic E-state index is 0.688. The molecule has 0 saturated heterocycles. The first-order valence-electron chi connectivity index (χ1n) is 6.40. The number of hydrogen-bond acceptors (Lipinski definition) is 5. The second-order valence-corrected chi connectivity index (χ2v) is 6.96. The van der Waals surface area contributed by atoms with E-state index >= 15 is 0 Å². The molecule has 1 aromatic carbocycles. The first kappa shape index (κ1) is 13.9. The third-order valence-electron chi connectivity index (χ3n) is 2.80. The van der Waals surface area contributed by atoms with Gasteiger partial charge in [0, 0.05) is 18.4 Å². The number of aryl methyl sites for hydroxylation is 1. The first-order chi connectivity index (χ1) is 9.76. The molecule has 2 aromatic heterocycles. The maximum atomic E-state index is 6.13. The van der Waals surface area contributed by atoms with Crippen LogP contribution in [0.25, 0.3) is 10.2 Å². The summed E-state index contributed by atoms with van der Waals surface area (Å²) in [6, 6.07) is 5.82. The Hall–Kier alpha value is -1.11. The van der Waals surface area contributed by atoms with Crippen LogP contribution in [0.15, 0.2) is 28.9 Å². The lowest BCUT2D eigenvalue weighted by molar-refractivity contribution is 0.752. The predicted molar refractivity (Wildman–Crippen MR) is 84.5 cm³/mol. The first-order valence-corrected chi connectivity index (χ1v) is 8.37. The predicted octanol–water partition coefficient (Wildman–Crippen LogP) is 4.44. The van der Waals surface area contributed by atoms with Gasteiger partial charge in [-0.25, -0.2) is 9.97 Å². The van der Waals surface area contributed by atoms with Crippen molar-refractivity contribution in [1.82, 2.24) is 19.2 Å². The topological polar surface area (TPSA) is 43.6 Å². The highest BCUT2D eigenvalue weighted by atomic mass is 35.5. The van der Waals surface area contributed by atoms with Gasteiger partial charge in [0.1, 0.15) is 11.8 Å². The molecule has 0 aliphatic rings. The second-order valence-electron chi connectivity index (χ2n) is 4.32. The average molecular weight is 325 g/mol. The van der Waals surface area contributed by atoms with E-state index in [9.17, 15) is 0 Å². The van der Waals surface area contributed by atoms with Crippen molar-refractivity contribution in [2.24, 2.45) is 0 Å². The third-order valence-corrected chi connectivity index (χ3v) is 5.00. The molecule has 0 aliphatic carbocycles. The molecule has 2 heterocycles. The molecule has 0 spiro atoms. The Bertz CT molecular complexity index is 722. The molecule has 0 fully saturated rings. The molecule has 0 unspecified atom stereocenters. The van der Waals surface area contributed by atoms with Crippen molar-refractivity contribution >= 4 is 45.1 Å². The van der Waals surface area contributed by atoms with Gasteiger partial charge in [-0.3, -0.25) is 0 Å². The third kappa shape index (κ3) is 2.97. The van der Waals surface area contributed by atoms with Crippen LogP contribution in [0.5, 0.6) is 0 Å². The SMILES string of the molecule is CCCCc1ncn(Sc2nc3c(Cl)cccc3s2)n1. The summed E-state index contributed by atoms with van der Waals surface area (Å²) in [4.78, 5) is 8.84. The van der Waals surface area contributed by atoms with Gasteiger partial charge in [-0.2, -0.15) is 4.09 Å². The van der Waals surface area contributed by atoms with Gasteiger partial charge in [0.05, 0.1) is 9.72 Å². The number of aromatic nitrogens is 4. The molecule has 104 valence electrons. The van der Waals surface area contributed by atoms with E-state index in [-0.39, 0.29) is 0 Å². The Morgan fingerprint density at radius 3 is 3.10 bits per heavy atom. The lowest BCUT2D eigenvalue weighted by atomic mass is 10.2. The van der Waals surface area contributed by atoms with Gasteiger partial charge >= 0.3 is 0 Å². The zero-order chi connectivity index (χ0) is 13.9. The summed E-state index contributed by atoms with van der Waals surface area (Å²) >= 11 is 9.22. The largest absolute Gasteiger partial charge is 0.226 e. The summed E-state index contributed by atoms with van der Waals surface area (Å²) in [7, 11) is 0. The summed E-state index contributed by atoms with van der Waals surface area (Å²) in [5, 5.41) is 5.13. The summed E-state index contributed by atoms with van der Waals surface area (Å²) in [5.74, 6) is 0.887. The Balaban J connectivity index is 1.79. The molecule has 0 saturated carbocycles. The van der Waals surface area contributed by atoms with Crippen molar-refractivity contribution in [3.05, 3.63) is 35.4 Å². The molecule has 4 nitrogen and oxygen atoms in total. The summed E-state index contributed by atoms with van der Waals surface area (Å²) < 4.78 is 3.77. The Labute approximate surface area is 130 Å². The molecular formula is C13H13ClN4S2. The van der Waals surface area contributed by atoms with Crippen molar-refractivity contribution in [3.8, 4) is 0 Å². The quantitative estimate of drug-likeness (QED) is 0.696. The van der Waals surface area contributed by atoms with E-state index in [4.69, 9.17) is 11.6 Å². The van der Waals surface area contributed by atoms with Crippen LogP contribution in [0, 0.1) is 0 Å². The van der Waals surface area contributed by atoms with Gasteiger partial charge in [0.15, 0.2) is 10.2 Å². The minimum Gasteiger partial charge on any atom is -0.226 e. The van der Waals surface area contributed by atoms with E-state index in [1.54, 1.807) is 21.8 Å². The number of halogens is 1. The van der Waals surface area contributed by atoms with Crippen molar-refractivity contribution in [2.45, 2.75) is 30.5 Å². The molecule has 0 aliphatic heterocycles. The smallest absolute Gasteiger partial charge is 0.173 e. The van der Waals surface area contributed by atoms with Crippen LogP contribution >= 0.6 is 34.9 Å². The van der Waals surface area contributed by atoms with E-state index < -0.39 is 0 Å². The molecule has 3 aromatic rings. The summed E-state index contributed by atoms with van der Waals surface area (Å²) in [5.41, 5.74) is 0.855. The summed E-state index contributed by atoms with van der Waals surface area (Å²) in [6.07, 6.45) is 4.93. The lowest BCUT2D eigenvalue weighted by Crippen LogP contribution is -1.91. The van der Waals surface area contributed by atoms with E-state index in [1.165, 1.54) is 11.9 Å². The lowest BCUT2D eigenvalue weighted by Gasteiger charge is -1.94. The fourth-order valence-electron chi connectivity index (χ4n) is 1.79. The molecule has 0 atom stereocenters. The Morgan fingerprint density at radius 1 is 1.40 bits per heavy atom. The van der Waals surface area contributed by atoms with Gasteiger partial charge < -0.3 is 0 Å². The number of rotatable bonds is 5. The number of unbranched alkanes of at least 4 members (excludes halogenated alkanes) is 1. The fraction of sp³-hybridized carbons (Fsp3) is 0.308. The van der Waals surface area contributed by atoms with Gasteiger partial charge in [0.2, 0.25) is 0 Å². The van der Waals surface area contributed by atoms with Gasteiger partial charge in [0.25, 0.3) is 0 Å². The monoisotopic (exact) mass is 324 g/mol.